The van der Waals surface area contributed by atoms with Gasteiger partial charge in [0.1, 0.15) is 0 Å². The number of benzene rings is 3. The van der Waals surface area contributed by atoms with Gasteiger partial charge in [0.05, 0.1) is 17.2 Å². The lowest BCUT2D eigenvalue weighted by Crippen LogP contribution is -2.27. The average Bonchev–Trinajstić information content (AvgIpc) is 3.13. The number of nitrogens with zero attached hydrogens (tertiary/aromatic N) is 1. The average molecular weight is 539 g/mol. The van der Waals surface area contributed by atoms with E-state index >= 15 is 0 Å². The van der Waals surface area contributed by atoms with Gasteiger partial charge in [-0.2, -0.15) is 0 Å². The summed E-state index contributed by atoms with van der Waals surface area (Å²) in [5.74, 6) is 0.422. The van der Waals surface area contributed by atoms with Crippen LogP contribution < -0.4 is 19.7 Å². The van der Waals surface area contributed by atoms with Gasteiger partial charge in [0, 0.05) is 10.7 Å². The Bertz CT molecular complexity index is 1340. The first kappa shape index (κ1) is 25.8. The van der Waals surface area contributed by atoms with E-state index < -0.39 is 0 Å². The number of halogens is 1. The lowest BCUT2D eigenvalue weighted by Gasteiger charge is -2.14. The van der Waals surface area contributed by atoms with Crippen LogP contribution in [-0.4, -0.2) is 29.3 Å². The summed E-state index contributed by atoms with van der Waals surface area (Å²) in [7, 11) is 0. The molecule has 0 radical (unpaired) electrons. The van der Waals surface area contributed by atoms with Crippen LogP contribution in [0.2, 0.25) is 5.02 Å². The van der Waals surface area contributed by atoms with E-state index in [-0.39, 0.29) is 18.4 Å². The lowest BCUT2D eigenvalue weighted by atomic mass is 10.1. The molecular weight excluding hydrogens is 516 g/mol. The molecule has 2 amide bonds. The summed E-state index contributed by atoms with van der Waals surface area (Å²) in [6.45, 7) is 4.02. The molecule has 0 atom stereocenters. The normalized spacial score (nSPS) is 14.3. The Morgan fingerprint density at radius 1 is 1.08 bits per heavy atom. The first-order valence-electron chi connectivity index (χ1n) is 11.1. The minimum absolute atomic E-state index is 0.173. The van der Waals surface area contributed by atoms with Crippen LogP contribution in [0.5, 0.6) is 11.5 Å². The summed E-state index contributed by atoms with van der Waals surface area (Å²) in [5, 5.41) is 3.42. The van der Waals surface area contributed by atoms with Gasteiger partial charge in [0.15, 0.2) is 22.4 Å². The molecular formula is C27H23ClN2O4S2. The fourth-order valence-corrected chi connectivity index (χ4v) is 4.90. The summed E-state index contributed by atoms with van der Waals surface area (Å²) in [6.07, 6.45) is 1.76. The zero-order chi connectivity index (χ0) is 25.7. The van der Waals surface area contributed by atoms with Crippen molar-refractivity contribution in [1.29, 1.82) is 0 Å². The third kappa shape index (κ3) is 6.07. The van der Waals surface area contributed by atoms with Gasteiger partial charge in [-0.05, 0) is 73.5 Å². The quantitative estimate of drug-likeness (QED) is 0.262. The van der Waals surface area contributed by atoms with Crippen molar-refractivity contribution in [2.24, 2.45) is 0 Å². The second kappa shape index (κ2) is 11.6. The number of anilines is 2. The SMILES string of the molecule is CCOc1cc(/C=C2\SC(=S)N(c3ccc(Cl)cc3)C2=O)ccc1OCC(=O)Nc1ccccc1C. The number of para-hydroxylation sites is 1. The Balaban J connectivity index is 1.48. The van der Waals surface area contributed by atoms with Gasteiger partial charge in [-0.25, -0.2) is 0 Å². The smallest absolute Gasteiger partial charge is 0.270 e. The van der Waals surface area contributed by atoms with Crippen molar-refractivity contribution in [2.75, 3.05) is 23.4 Å². The highest BCUT2D eigenvalue weighted by molar-refractivity contribution is 8.27. The Labute approximate surface area is 224 Å². The van der Waals surface area contributed by atoms with E-state index in [4.69, 9.17) is 33.3 Å². The van der Waals surface area contributed by atoms with Gasteiger partial charge < -0.3 is 14.8 Å². The first-order chi connectivity index (χ1) is 17.4. The third-order valence-electron chi connectivity index (χ3n) is 5.22. The number of rotatable bonds is 8. The Morgan fingerprint density at radius 3 is 2.56 bits per heavy atom. The number of thioether (sulfide) groups is 1. The predicted octanol–water partition coefficient (Wildman–Crippen LogP) is 6.47. The summed E-state index contributed by atoms with van der Waals surface area (Å²) in [4.78, 5) is 27.4. The molecule has 1 saturated heterocycles. The first-order valence-corrected chi connectivity index (χ1v) is 12.7. The predicted molar refractivity (Wildman–Crippen MR) is 150 cm³/mol. The van der Waals surface area contributed by atoms with E-state index in [2.05, 4.69) is 5.32 Å². The molecule has 1 fully saturated rings. The standard InChI is InChI=1S/C27H23ClN2O4S2/c1-3-33-23-14-18(8-13-22(23)34-16-25(31)29-21-7-5-4-6-17(21)2)15-24-26(32)30(27(35)36-24)20-11-9-19(28)10-12-20/h4-15H,3,16H2,1-2H3,(H,29,31)/b24-15-. The molecule has 1 aliphatic rings. The summed E-state index contributed by atoms with van der Waals surface area (Å²) in [5.41, 5.74) is 3.11. The summed E-state index contributed by atoms with van der Waals surface area (Å²) >= 11 is 12.6. The summed E-state index contributed by atoms with van der Waals surface area (Å²) < 4.78 is 11.9. The fraction of sp³-hybridized carbons (Fsp3) is 0.148. The molecule has 3 aromatic rings. The minimum Gasteiger partial charge on any atom is -0.490 e. The van der Waals surface area contributed by atoms with Gasteiger partial charge in [-0.15, -0.1) is 0 Å². The zero-order valence-corrected chi connectivity index (χ0v) is 22.0. The number of thiocarbonyl (C=S) groups is 1. The number of hydrogen-bond donors (Lipinski definition) is 1. The Kier molecular flexibility index (Phi) is 8.30. The highest BCUT2D eigenvalue weighted by atomic mass is 35.5. The zero-order valence-electron chi connectivity index (χ0n) is 19.6. The van der Waals surface area contributed by atoms with Crippen LogP contribution in [-0.2, 0) is 9.59 Å². The van der Waals surface area contributed by atoms with Crippen LogP contribution in [0, 0.1) is 6.92 Å². The van der Waals surface area contributed by atoms with Crippen LogP contribution in [0.4, 0.5) is 11.4 Å². The molecule has 0 spiro atoms. The molecule has 9 heteroatoms. The van der Waals surface area contributed by atoms with Crippen molar-refractivity contribution >= 4 is 69.2 Å². The topological polar surface area (TPSA) is 67.9 Å². The number of ether oxygens (including phenoxy) is 2. The maximum absolute atomic E-state index is 13.1. The number of carbonyl (C=O) groups is 2. The molecule has 0 aromatic heterocycles. The van der Waals surface area contributed by atoms with E-state index in [1.165, 1.54) is 16.7 Å². The minimum atomic E-state index is -0.276. The van der Waals surface area contributed by atoms with Gasteiger partial charge >= 0.3 is 0 Å². The highest BCUT2D eigenvalue weighted by Crippen LogP contribution is 2.37. The van der Waals surface area contributed by atoms with Gasteiger partial charge in [-0.3, -0.25) is 14.5 Å². The van der Waals surface area contributed by atoms with E-state index in [1.807, 2.05) is 38.1 Å². The maximum Gasteiger partial charge on any atom is 0.270 e. The van der Waals surface area contributed by atoms with Gasteiger partial charge in [0.25, 0.3) is 11.8 Å². The third-order valence-corrected chi connectivity index (χ3v) is 6.78. The fourth-order valence-electron chi connectivity index (χ4n) is 3.48. The number of aryl methyl sites for hydroxylation is 1. The number of nitrogens with one attached hydrogen (secondary N) is 1. The van der Waals surface area contributed by atoms with Crippen molar-refractivity contribution in [3.8, 4) is 11.5 Å². The number of hydrogen-bond acceptors (Lipinski definition) is 6. The molecule has 184 valence electrons. The van der Waals surface area contributed by atoms with E-state index in [0.717, 1.165) is 16.8 Å². The molecule has 0 unspecified atom stereocenters. The van der Waals surface area contributed by atoms with Crippen molar-refractivity contribution in [3.63, 3.8) is 0 Å². The van der Waals surface area contributed by atoms with Crippen LogP contribution in [0.15, 0.2) is 71.6 Å². The van der Waals surface area contributed by atoms with Crippen molar-refractivity contribution in [2.45, 2.75) is 13.8 Å². The molecule has 6 nitrogen and oxygen atoms in total. The van der Waals surface area contributed by atoms with Crippen LogP contribution in [0.1, 0.15) is 18.1 Å². The Morgan fingerprint density at radius 2 is 1.83 bits per heavy atom. The molecule has 1 heterocycles. The molecule has 0 aliphatic carbocycles. The highest BCUT2D eigenvalue weighted by Gasteiger charge is 2.33. The molecule has 0 saturated carbocycles. The van der Waals surface area contributed by atoms with E-state index in [0.29, 0.717) is 38.0 Å². The van der Waals surface area contributed by atoms with Crippen LogP contribution in [0.25, 0.3) is 6.08 Å². The van der Waals surface area contributed by atoms with Crippen LogP contribution >= 0.6 is 35.6 Å². The van der Waals surface area contributed by atoms with E-state index in [9.17, 15) is 9.59 Å². The van der Waals surface area contributed by atoms with Gasteiger partial charge in [-0.1, -0.05) is 59.8 Å². The molecule has 4 rings (SSSR count). The number of amides is 2. The van der Waals surface area contributed by atoms with E-state index in [1.54, 1.807) is 48.5 Å². The Hall–Kier alpha value is -3.33. The molecule has 0 bridgehead atoms. The van der Waals surface area contributed by atoms with Gasteiger partial charge in [0.2, 0.25) is 0 Å². The second-order valence-electron chi connectivity index (χ2n) is 7.78. The van der Waals surface area contributed by atoms with Crippen LogP contribution in [0.3, 0.4) is 0 Å². The molecule has 36 heavy (non-hydrogen) atoms. The lowest BCUT2D eigenvalue weighted by molar-refractivity contribution is -0.118. The number of carbonyl (C=O) groups excluding carboxylic acids is 2. The molecule has 1 aliphatic heterocycles. The largest absolute Gasteiger partial charge is 0.490 e. The molecule has 1 N–H and O–H groups in total. The molecule has 3 aromatic carbocycles. The second-order valence-corrected chi connectivity index (χ2v) is 9.90. The monoisotopic (exact) mass is 538 g/mol. The summed E-state index contributed by atoms with van der Waals surface area (Å²) in [6, 6.07) is 19.8. The van der Waals surface area contributed by atoms with Crippen molar-refractivity contribution in [1.82, 2.24) is 0 Å². The van der Waals surface area contributed by atoms with Crippen molar-refractivity contribution < 1.29 is 19.1 Å². The maximum atomic E-state index is 13.1. The van der Waals surface area contributed by atoms with Crippen molar-refractivity contribution in [3.05, 3.63) is 87.8 Å².